The van der Waals surface area contributed by atoms with E-state index in [4.69, 9.17) is 9.47 Å². The third kappa shape index (κ3) is 10.3. The highest BCUT2D eigenvalue weighted by Gasteiger charge is 2.42. The number of carbonyl (C=O) groups excluding carboxylic acids is 3. The van der Waals surface area contributed by atoms with Gasteiger partial charge >= 0.3 is 12.2 Å². The van der Waals surface area contributed by atoms with Gasteiger partial charge in [0.1, 0.15) is 24.3 Å². The minimum atomic E-state index is -3.96. The Balaban J connectivity index is 1.22. The fourth-order valence-corrected chi connectivity index (χ4v) is 9.43. The number of nitrogens with zero attached hydrogens (tertiary/aromatic N) is 2. The Hall–Kier alpha value is -5.38. The van der Waals surface area contributed by atoms with Crippen molar-refractivity contribution in [2.24, 2.45) is 5.92 Å². The van der Waals surface area contributed by atoms with E-state index in [2.05, 4.69) is 10.6 Å². The van der Waals surface area contributed by atoms with Crippen LogP contribution in [0.5, 0.6) is 0 Å². The molecule has 57 heavy (non-hydrogen) atoms. The number of rotatable bonds is 13. The van der Waals surface area contributed by atoms with Crippen LogP contribution in [-0.2, 0) is 30.9 Å². The number of aliphatic hydroxyl groups is 1. The van der Waals surface area contributed by atoms with Crippen LogP contribution in [0.3, 0.4) is 0 Å². The average Bonchev–Trinajstić information content (AvgIpc) is 3.58. The quantitative estimate of drug-likeness (QED) is 0.159. The van der Waals surface area contributed by atoms with Gasteiger partial charge in [-0.05, 0) is 84.7 Å². The fraction of sp³-hybridized carbons (Fsp3) is 0.357. The Morgan fingerprint density at radius 1 is 0.825 bits per heavy atom. The summed E-state index contributed by atoms with van der Waals surface area (Å²) in [7, 11) is -2.81. The summed E-state index contributed by atoms with van der Waals surface area (Å²) in [6, 6.07) is 25.5. The Bertz CT molecular complexity index is 2030. The number of aliphatic hydroxyl groups excluding tert-OH is 1. The van der Waals surface area contributed by atoms with Crippen molar-refractivity contribution in [3.8, 4) is 0 Å². The number of carbonyl (C=O) groups is 3. The maximum absolute atomic E-state index is 14.3. The van der Waals surface area contributed by atoms with E-state index >= 15 is 0 Å². The number of benzene rings is 4. The second-order valence-corrected chi connectivity index (χ2v) is 16.2. The van der Waals surface area contributed by atoms with Gasteiger partial charge in [0.25, 0.3) is 0 Å². The Labute approximate surface area is 330 Å². The summed E-state index contributed by atoms with van der Waals surface area (Å²) in [6.45, 7) is 0.275. The van der Waals surface area contributed by atoms with Crippen LogP contribution in [0.2, 0.25) is 0 Å². The van der Waals surface area contributed by atoms with Crippen LogP contribution in [0, 0.1) is 17.6 Å². The van der Waals surface area contributed by atoms with E-state index in [9.17, 15) is 36.7 Å². The zero-order valence-electron chi connectivity index (χ0n) is 31.4. The summed E-state index contributed by atoms with van der Waals surface area (Å²) in [5.41, 5.74) is 1.74. The van der Waals surface area contributed by atoms with Crippen LogP contribution in [0.25, 0.3) is 0 Å². The molecule has 15 heteroatoms. The largest absolute Gasteiger partial charge is 0.453 e. The smallest absolute Gasteiger partial charge is 0.410 e. The number of nitrogens with one attached hydrogen (secondary N) is 2. The van der Waals surface area contributed by atoms with Gasteiger partial charge in [0.2, 0.25) is 15.9 Å². The topological polar surface area (TPSA) is 155 Å². The van der Waals surface area contributed by atoms with Crippen LogP contribution in [0.1, 0.15) is 48.3 Å². The number of methoxy groups -OCH3 is 1. The summed E-state index contributed by atoms with van der Waals surface area (Å²) >= 11 is 0. The molecule has 6 rings (SSSR count). The monoisotopic (exact) mass is 804 g/mol. The normalized spacial score (nSPS) is 20.5. The van der Waals surface area contributed by atoms with Gasteiger partial charge in [-0.25, -0.2) is 26.8 Å². The van der Waals surface area contributed by atoms with E-state index < -0.39 is 69.9 Å². The van der Waals surface area contributed by atoms with E-state index in [0.717, 1.165) is 12.7 Å². The van der Waals surface area contributed by atoms with E-state index in [1.54, 1.807) is 18.2 Å². The summed E-state index contributed by atoms with van der Waals surface area (Å²) in [4.78, 5) is 41.8. The number of ether oxygens (including phenoxy) is 2. The molecule has 4 aromatic carbocycles. The van der Waals surface area contributed by atoms with E-state index in [1.165, 1.54) is 69.9 Å². The first-order chi connectivity index (χ1) is 27.4. The number of alkyl carbamates (subject to hydrolysis) is 1. The molecule has 1 aliphatic carbocycles. The number of amides is 3. The first kappa shape index (κ1) is 41.3. The molecule has 2 fully saturated rings. The molecular weight excluding hydrogens is 759 g/mol. The molecule has 5 atom stereocenters. The lowest BCUT2D eigenvalue weighted by molar-refractivity contribution is -0.124. The van der Waals surface area contributed by atoms with Crippen LogP contribution in [0.4, 0.5) is 18.4 Å². The zero-order chi connectivity index (χ0) is 40.5. The summed E-state index contributed by atoms with van der Waals surface area (Å²) < 4.78 is 67.8. The van der Waals surface area contributed by atoms with Gasteiger partial charge in [0.05, 0.1) is 18.1 Å². The van der Waals surface area contributed by atoms with Crippen LogP contribution < -0.4 is 10.6 Å². The van der Waals surface area contributed by atoms with Crippen LogP contribution in [0.15, 0.2) is 114 Å². The standard InChI is InChI=1S/C42H46F2N4O8S/c1-55-41(51)46-39(38(29-12-17-32(43)18-13-29)30-14-19-33(44)20-15-30)40(50)45-37-25-35(49)24-31(37)16-21-34-26-47(42(52)56-27-28-8-4-2-5-9-28)22-23-48(34)57(53,54)36-10-6-3-7-11-36/h2-15,17-20,31,34-35,37-39,49H,16,21-27H2,1H3,(H,45,50)(H,46,51)/t31?,34?,35?,37?,39-/m1/s1. The zero-order valence-corrected chi connectivity index (χ0v) is 32.2. The van der Waals surface area contributed by atoms with Gasteiger partial charge in [-0.3, -0.25) is 4.79 Å². The number of sulfonamides is 1. The minimum Gasteiger partial charge on any atom is -0.453 e. The molecule has 12 nitrogen and oxygen atoms in total. The Morgan fingerprint density at radius 2 is 1.42 bits per heavy atom. The fourth-order valence-electron chi connectivity index (χ4n) is 7.77. The van der Waals surface area contributed by atoms with Gasteiger partial charge in [-0.15, -0.1) is 0 Å². The number of hydrogen-bond donors (Lipinski definition) is 3. The molecule has 3 amide bonds. The Kier molecular flexibility index (Phi) is 13.5. The van der Waals surface area contributed by atoms with E-state index in [0.29, 0.717) is 24.0 Å². The third-order valence-electron chi connectivity index (χ3n) is 10.6. The highest BCUT2D eigenvalue weighted by molar-refractivity contribution is 7.89. The van der Waals surface area contributed by atoms with Crippen LogP contribution >= 0.6 is 0 Å². The average molecular weight is 805 g/mol. The molecule has 0 radical (unpaired) electrons. The lowest BCUT2D eigenvalue weighted by Gasteiger charge is -2.40. The molecule has 3 N–H and O–H groups in total. The third-order valence-corrected chi connectivity index (χ3v) is 12.6. The molecule has 1 saturated carbocycles. The van der Waals surface area contributed by atoms with E-state index in [-0.39, 0.29) is 49.9 Å². The first-order valence-corrected chi connectivity index (χ1v) is 20.2. The molecule has 1 saturated heterocycles. The highest BCUT2D eigenvalue weighted by atomic mass is 32.2. The molecule has 0 spiro atoms. The maximum Gasteiger partial charge on any atom is 0.410 e. The van der Waals surface area contributed by atoms with Gasteiger partial charge < -0.3 is 30.1 Å². The van der Waals surface area contributed by atoms with Crippen molar-refractivity contribution in [2.75, 3.05) is 26.7 Å². The summed E-state index contributed by atoms with van der Waals surface area (Å²) in [6.07, 6.45) is -1.10. The SMILES string of the molecule is COC(=O)N[C@@H](C(=O)NC1CC(O)CC1CCC1CN(C(=O)OCc2ccccc2)CCN1S(=O)(=O)c1ccccc1)C(c1ccc(F)cc1)c1ccc(F)cc1. The van der Waals surface area contributed by atoms with Crippen molar-refractivity contribution < 1.29 is 46.2 Å². The first-order valence-electron chi connectivity index (χ1n) is 18.8. The molecule has 2 aliphatic rings. The van der Waals surface area contributed by atoms with Crippen molar-refractivity contribution in [1.29, 1.82) is 0 Å². The molecule has 0 aromatic heterocycles. The molecule has 302 valence electrons. The molecular formula is C42H46F2N4O8S. The summed E-state index contributed by atoms with van der Waals surface area (Å²) in [5, 5.41) is 16.5. The molecule has 1 aliphatic heterocycles. The van der Waals surface area contributed by atoms with Crippen molar-refractivity contribution in [1.82, 2.24) is 19.8 Å². The highest BCUT2D eigenvalue weighted by Crippen LogP contribution is 2.34. The summed E-state index contributed by atoms with van der Waals surface area (Å²) in [5.74, 6) is -2.87. The number of halogens is 2. The predicted octanol–water partition coefficient (Wildman–Crippen LogP) is 5.57. The maximum atomic E-state index is 14.3. The molecule has 0 bridgehead atoms. The molecule has 4 aromatic rings. The second-order valence-electron chi connectivity index (χ2n) is 14.3. The van der Waals surface area contributed by atoms with Crippen molar-refractivity contribution in [3.63, 3.8) is 0 Å². The van der Waals surface area contributed by atoms with E-state index in [1.807, 2.05) is 30.3 Å². The molecule has 4 unspecified atom stereocenters. The van der Waals surface area contributed by atoms with Gasteiger partial charge in [0, 0.05) is 37.6 Å². The predicted molar refractivity (Wildman–Crippen MR) is 206 cm³/mol. The van der Waals surface area contributed by atoms with Crippen molar-refractivity contribution in [3.05, 3.63) is 138 Å². The lowest BCUT2D eigenvalue weighted by Crippen LogP contribution is -2.56. The second kappa shape index (κ2) is 18.7. The lowest BCUT2D eigenvalue weighted by atomic mass is 9.84. The molecule has 1 heterocycles. The minimum absolute atomic E-state index is 0.0326. The van der Waals surface area contributed by atoms with Gasteiger partial charge in [-0.2, -0.15) is 4.31 Å². The van der Waals surface area contributed by atoms with Gasteiger partial charge in [-0.1, -0.05) is 72.8 Å². The van der Waals surface area contributed by atoms with Crippen molar-refractivity contribution in [2.45, 2.75) is 67.3 Å². The number of hydrogen-bond acceptors (Lipinski definition) is 8. The number of piperazine rings is 1. The Morgan fingerprint density at radius 3 is 2.02 bits per heavy atom. The van der Waals surface area contributed by atoms with Crippen LogP contribution in [-0.4, -0.2) is 91.8 Å². The van der Waals surface area contributed by atoms with Crippen molar-refractivity contribution >= 4 is 28.1 Å². The van der Waals surface area contributed by atoms with Gasteiger partial charge in [0.15, 0.2) is 0 Å².